The van der Waals surface area contributed by atoms with Gasteiger partial charge in [-0.2, -0.15) is 0 Å². The standard InChI is InChI=1S/C24H29ClN4O4S/c25-15-11-29(20-17(30)12-33-21(15)20)23(32)24(13-5-2-1-3-6-14(13)24)28-22(31)19-9-8-18(34-19)16(27)7-4-10-26/h4,7-10,13-15,17,20-21,26-27,30H,1-3,5-6,11-12H2,(H,28,31)/b7-4-,26-10?,27-16?/t13?,14?,15-,17-,20+,21+,24?/m0/s1. The molecule has 2 saturated carbocycles. The summed E-state index contributed by atoms with van der Waals surface area (Å²) in [5.41, 5.74) is -0.760. The molecule has 2 saturated heterocycles. The van der Waals surface area contributed by atoms with Crippen LogP contribution >= 0.6 is 22.9 Å². The number of ether oxygens (including phenoxy) is 1. The van der Waals surface area contributed by atoms with Crippen LogP contribution in [0.15, 0.2) is 24.3 Å². The van der Waals surface area contributed by atoms with Gasteiger partial charge in [-0.25, -0.2) is 0 Å². The second-order valence-corrected chi connectivity index (χ2v) is 11.3. The molecule has 0 aromatic carbocycles. The zero-order valence-corrected chi connectivity index (χ0v) is 20.3. The number of rotatable bonds is 6. The lowest BCUT2D eigenvalue weighted by molar-refractivity contribution is -0.137. The first-order valence-electron chi connectivity index (χ1n) is 11.8. The van der Waals surface area contributed by atoms with Gasteiger partial charge in [0.05, 0.1) is 39.6 Å². The number of nitrogens with one attached hydrogen (secondary N) is 3. The van der Waals surface area contributed by atoms with Crippen LogP contribution in [0.3, 0.4) is 0 Å². The van der Waals surface area contributed by atoms with E-state index in [9.17, 15) is 14.7 Å². The summed E-state index contributed by atoms with van der Waals surface area (Å²) in [4.78, 5) is 30.1. The number of likely N-dealkylation sites (tertiary alicyclic amines) is 1. The molecule has 0 radical (unpaired) electrons. The molecule has 2 aliphatic heterocycles. The van der Waals surface area contributed by atoms with Crippen molar-refractivity contribution < 1.29 is 19.4 Å². The number of hydrogen-bond donors (Lipinski definition) is 4. The molecule has 4 N–H and O–H groups in total. The maximum Gasteiger partial charge on any atom is 0.262 e. The molecule has 4 aliphatic rings. The van der Waals surface area contributed by atoms with Crippen LogP contribution in [0.5, 0.6) is 0 Å². The van der Waals surface area contributed by atoms with Crippen LogP contribution in [0.4, 0.5) is 0 Å². The molecule has 4 fully saturated rings. The van der Waals surface area contributed by atoms with Gasteiger partial charge < -0.3 is 25.5 Å². The molecule has 34 heavy (non-hydrogen) atoms. The second kappa shape index (κ2) is 9.18. The van der Waals surface area contributed by atoms with E-state index in [0.29, 0.717) is 16.3 Å². The Kier molecular flexibility index (Phi) is 6.39. The molecule has 5 rings (SSSR count). The molecule has 10 heteroatoms. The minimum Gasteiger partial charge on any atom is -0.388 e. The highest BCUT2D eigenvalue weighted by atomic mass is 35.5. The number of amides is 2. The minimum atomic E-state index is -0.983. The number of allylic oxidation sites excluding steroid dienone is 2. The third-order valence-corrected chi connectivity index (χ3v) is 9.25. The Morgan fingerprint density at radius 2 is 1.94 bits per heavy atom. The van der Waals surface area contributed by atoms with Crippen molar-refractivity contribution >= 4 is 46.7 Å². The molecule has 3 heterocycles. The number of hydrogen-bond acceptors (Lipinski definition) is 7. The van der Waals surface area contributed by atoms with Gasteiger partial charge in [0.15, 0.2) is 0 Å². The zero-order valence-electron chi connectivity index (χ0n) is 18.7. The molecule has 182 valence electrons. The Bertz CT molecular complexity index is 1030. The number of alkyl halides is 1. The number of fused-ring (bicyclic) bond motifs is 2. The molecule has 8 nitrogen and oxygen atoms in total. The Morgan fingerprint density at radius 3 is 2.65 bits per heavy atom. The Hall–Kier alpha value is -2.07. The quantitative estimate of drug-likeness (QED) is 0.351. The van der Waals surface area contributed by atoms with Gasteiger partial charge >= 0.3 is 0 Å². The van der Waals surface area contributed by atoms with E-state index >= 15 is 0 Å². The molecule has 1 aromatic rings. The maximum atomic E-state index is 14.1. The monoisotopic (exact) mass is 504 g/mol. The molecule has 6 atom stereocenters. The number of nitrogens with zero attached hydrogens (tertiary/aromatic N) is 1. The van der Waals surface area contributed by atoms with Gasteiger partial charge in [-0.3, -0.25) is 15.0 Å². The fourth-order valence-electron chi connectivity index (χ4n) is 6.14. The van der Waals surface area contributed by atoms with E-state index in [1.165, 1.54) is 23.5 Å². The highest BCUT2D eigenvalue weighted by Crippen LogP contribution is 2.59. The van der Waals surface area contributed by atoms with E-state index in [0.717, 1.165) is 38.3 Å². The normalized spacial score (nSPS) is 36.6. The van der Waals surface area contributed by atoms with Crippen molar-refractivity contribution in [3.8, 4) is 0 Å². The van der Waals surface area contributed by atoms with Crippen molar-refractivity contribution in [2.24, 2.45) is 11.8 Å². The van der Waals surface area contributed by atoms with Gasteiger partial charge in [0.2, 0.25) is 5.91 Å². The summed E-state index contributed by atoms with van der Waals surface area (Å²) in [5, 5.41) is 28.4. The summed E-state index contributed by atoms with van der Waals surface area (Å²) in [7, 11) is 0. The van der Waals surface area contributed by atoms with Crippen LogP contribution in [0.25, 0.3) is 0 Å². The molecule has 2 amide bonds. The predicted octanol–water partition coefficient (Wildman–Crippen LogP) is 2.58. The fourth-order valence-corrected chi connectivity index (χ4v) is 7.34. The summed E-state index contributed by atoms with van der Waals surface area (Å²) in [5.74, 6) is -0.319. The molecule has 0 bridgehead atoms. The summed E-state index contributed by atoms with van der Waals surface area (Å²) >= 11 is 7.68. The Labute approximate surface area is 207 Å². The number of halogens is 1. The molecular formula is C24H29ClN4O4S. The van der Waals surface area contributed by atoms with E-state index in [2.05, 4.69) is 5.32 Å². The number of carbonyl (C=O) groups is 2. The SMILES string of the molecule is N=C/C=C\C(=N)c1ccc(C(=O)NC2(C(=O)N3C[C@H](Cl)[C@H]4OC[C@H](O)[C@H]43)C3CCCCCC32)s1. The number of thiophene rings is 1. The van der Waals surface area contributed by atoms with Crippen LogP contribution in [-0.4, -0.2) is 76.1 Å². The lowest BCUT2D eigenvalue weighted by Crippen LogP contribution is -2.56. The van der Waals surface area contributed by atoms with Crippen molar-refractivity contribution in [3.05, 3.63) is 34.0 Å². The van der Waals surface area contributed by atoms with E-state index in [-0.39, 0.29) is 41.3 Å². The third kappa shape index (κ3) is 3.82. The van der Waals surface area contributed by atoms with E-state index in [1.54, 1.807) is 17.0 Å². The van der Waals surface area contributed by atoms with Gasteiger partial charge in [0.1, 0.15) is 11.6 Å². The molecule has 0 spiro atoms. The Balaban J connectivity index is 1.40. The molecular weight excluding hydrogens is 476 g/mol. The number of aliphatic hydroxyl groups is 1. The van der Waals surface area contributed by atoms with E-state index in [1.807, 2.05) is 0 Å². The van der Waals surface area contributed by atoms with Gasteiger partial charge in [0.25, 0.3) is 5.91 Å². The first kappa shape index (κ1) is 23.7. The average molecular weight is 505 g/mol. The zero-order chi connectivity index (χ0) is 24.0. The number of aliphatic hydroxyl groups excluding tert-OH is 1. The highest BCUT2D eigenvalue weighted by molar-refractivity contribution is 7.16. The van der Waals surface area contributed by atoms with Crippen LogP contribution < -0.4 is 5.32 Å². The first-order valence-corrected chi connectivity index (χ1v) is 13.1. The van der Waals surface area contributed by atoms with E-state index < -0.39 is 23.8 Å². The predicted molar refractivity (Wildman–Crippen MR) is 130 cm³/mol. The van der Waals surface area contributed by atoms with Gasteiger partial charge in [-0.05, 0) is 49.0 Å². The second-order valence-electron chi connectivity index (χ2n) is 9.61. The van der Waals surface area contributed by atoms with Crippen molar-refractivity contribution in [2.45, 2.75) is 61.3 Å². The summed E-state index contributed by atoms with van der Waals surface area (Å²) in [6.45, 7) is 0.453. The van der Waals surface area contributed by atoms with Crippen LogP contribution in [0.1, 0.15) is 46.7 Å². The Morgan fingerprint density at radius 1 is 1.24 bits per heavy atom. The van der Waals surface area contributed by atoms with Crippen LogP contribution in [0, 0.1) is 22.7 Å². The summed E-state index contributed by atoms with van der Waals surface area (Å²) in [6, 6.07) is 2.90. The minimum absolute atomic E-state index is 0.0759. The van der Waals surface area contributed by atoms with E-state index in [4.69, 9.17) is 27.2 Å². The highest BCUT2D eigenvalue weighted by Gasteiger charge is 2.72. The topological polar surface area (TPSA) is 127 Å². The summed E-state index contributed by atoms with van der Waals surface area (Å²) in [6.07, 6.45) is 7.86. The van der Waals surface area contributed by atoms with Gasteiger partial charge in [-0.15, -0.1) is 22.9 Å². The van der Waals surface area contributed by atoms with Crippen molar-refractivity contribution in [1.82, 2.24) is 10.2 Å². The van der Waals surface area contributed by atoms with Crippen molar-refractivity contribution in [1.29, 1.82) is 10.8 Å². The largest absolute Gasteiger partial charge is 0.388 e. The molecule has 2 aliphatic carbocycles. The lowest BCUT2D eigenvalue weighted by Gasteiger charge is -2.31. The van der Waals surface area contributed by atoms with Gasteiger partial charge in [-0.1, -0.05) is 19.3 Å². The number of carbonyl (C=O) groups excluding carboxylic acids is 2. The maximum absolute atomic E-state index is 14.1. The van der Waals surface area contributed by atoms with Crippen LogP contribution in [0.2, 0.25) is 0 Å². The van der Waals surface area contributed by atoms with Gasteiger partial charge in [0, 0.05) is 12.8 Å². The van der Waals surface area contributed by atoms with Crippen molar-refractivity contribution in [3.63, 3.8) is 0 Å². The first-order chi connectivity index (χ1) is 16.4. The smallest absolute Gasteiger partial charge is 0.262 e. The van der Waals surface area contributed by atoms with Crippen molar-refractivity contribution in [2.75, 3.05) is 13.2 Å². The fraction of sp³-hybridized carbons (Fsp3) is 0.583. The van der Waals surface area contributed by atoms with Crippen LogP contribution in [-0.2, 0) is 9.53 Å². The molecule has 2 unspecified atom stereocenters. The lowest BCUT2D eigenvalue weighted by atomic mass is 10.0. The summed E-state index contributed by atoms with van der Waals surface area (Å²) < 4.78 is 5.66. The third-order valence-electron chi connectivity index (χ3n) is 7.74. The average Bonchev–Trinajstić information content (AvgIpc) is 3.14. The molecule has 1 aromatic heterocycles.